The Kier molecular flexibility index (Phi) is 12.0. The van der Waals surface area contributed by atoms with Crippen molar-refractivity contribution in [1.82, 2.24) is 14.6 Å². The zero-order valence-electron chi connectivity index (χ0n) is 28.2. The number of nitrogens with zero attached hydrogens (tertiary/aromatic N) is 4. The molecule has 0 radical (unpaired) electrons. The summed E-state index contributed by atoms with van der Waals surface area (Å²) < 4.78 is 45.5. The van der Waals surface area contributed by atoms with E-state index in [0.29, 0.717) is 5.52 Å². The molecule has 0 aromatic carbocycles. The van der Waals surface area contributed by atoms with E-state index >= 15 is 0 Å². The van der Waals surface area contributed by atoms with Crippen LogP contribution in [0.25, 0.3) is 5.52 Å². The molecule has 0 saturated carbocycles. The Balaban J connectivity index is 2.18. The van der Waals surface area contributed by atoms with E-state index in [4.69, 9.17) is 37.9 Å². The lowest BCUT2D eigenvalue weighted by molar-refractivity contribution is -0.0737. The maximum Gasteiger partial charge on any atom is 0.509 e. The number of nitrogens with one attached hydrogen (secondary N) is 1. The fraction of sp³-hybridized carbons (Fsp3) is 0.633. The van der Waals surface area contributed by atoms with Gasteiger partial charge in [0.1, 0.15) is 30.2 Å². The Labute approximate surface area is 272 Å². The van der Waals surface area contributed by atoms with Crippen LogP contribution >= 0.6 is 0 Å². The summed E-state index contributed by atoms with van der Waals surface area (Å²) in [5.74, 6) is 0.0865. The van der Waals surface area contributed by atoms with E-state index in [1.165, 1.54) is 24.1 Å². The molecule has 1 aliphatic rings. The van der Waals surface area contributed by atoms with E-state index in [-0.39, 0.29) is 11.5 Å². The van der Waals surface area contributed by atoms with Gasteiger partial charge in [-0.15, -0.1) is 0 Å². The van der Waals surface area contributed by atoms with Crippen molar-refractivity contribution in [3.63, 3.8) is 0 Å². The molecule has 2 aromatic heterocycles. The molecule has 0 aliphatic carbocycles. The topological polar surface area (TPSA) is 197 Å². The normalized spacial score (nSPS) is 21.3. The van der Waals surface area contributed by atoms with Crippen molar-refractivity contribution in [2.24, 2.45) is 4.99 Å². The van der Waals surface area contributed by atoms with Crippen molar-refractivity contribution < 1.29 is 57.1 Å². The predicted octanol–water partition coefficient (Wildman–Crippen LogP) is 4.79. The largest absolute Gasteiger partial charge is 0.509 e. The molecule has 4 atom stereocenters. The highest BCUT2D eigenvalue weighted by Crippen LogP contribution is 2.43. The van der Waals surface area contributed by atoms with Crippen LogP contribution in [-0.2, 0) is 43.5 Å². The molecule has 3 rings (SSSR count). The van der Waals surface area contributed by atoms with Gasteiger partial charge in [0.05, 0.1) is 24.0 Å². The first kappa shape index (κ1) is 36.8. The smallest absolute Gasteiger partial charge is 0.444 e. The van der Waals surface area contributed by atoms with E-state index in [2.05, 4.69) is 20.4 Å². The number of hydrogen-bond donors (Lipinski definition) is 1. The molecule has 47 heavy (non-hydrogen) atoms. The molecule has 0 bridgehead atoms. The fourth-order valence-electron chi connectivity index (χ4n) is 4.57. The van der Waals surface area contributed by atoms with Crippen molar-refractivity contribution in [2.45, 2.75) is 110 Å². The van der Waals surface area contributed by atoms with Crippen LogP contribution in [0, 0.1) is 0 Å². The SMILES string of the molecule is CN=C[C@@]1(c2ccc3c(NC(=O)OC(C)(C)C)ncnn23)O[C@H](COC(=O)OC(C)C)[C@@H](OC(=O)OC(C)C)[C@H]1OC(=O)OC(C)C. The number of rotatable bonds is 10. The van der Waals surface area contributed by atoms with Gasteiger partial charge in [-0.25, -0.2) is 28.7 Å². The van der Waals surface area contributed by atoms with Crippen LogP contribution in [0.15, 0.2) is 23.5 Å². The van der Waals surface area contributed by atoms with Crippen molar-refractivity contribution >= 4 is 42.1 Å². The summed E-state index contributed by atoms with van der Waals surface area (Å²) >= 11 is 0. The number of amides is 1. The summed E-state index contributed by atoms with van der Waals surface area (Å²) in [6.07, 6.45) is -7.34. The van der Waals surface area contributed by atoms with Gasteiger partial charge in [0.15, 0.2) is 23.6 Å². The second-order valence-electron chi connectivity index (χ2n) is 12.3. The Morgan fingerprint density at radius 3 is 2.15 bits per heavy atom. The molecule has 0 unspecified atom stereocenters. The molecule has 17 nitrogen and oxygen atoms in total. The fourth-order valence-corrected chi connectivity index (χ4v) is 4.57. The maximum atomic E-state index is 13.0. The van der Waals surface area contributed by atoms with Crippen LogP contribution in [-0.4, -0.2) is 101 Å². The predicted molar refractivity (Wildman–Crippen MR) is 164 cm³/mol. The summed E-state index contributed by atoms with van der Waals surface area (Å²) in [5.41, 5.74) is -2.14. The van der Waals surface area contributed by atoms with Gasteiger partial charge < -0.3 is 37.9 Å². The van der Waals surface area contributed by atoms with Crippen molar-refractivity contribution in [2.75, 3.05) is 19.0 Å². The number of aromatic nitrogens is 3. The third kappa shape index (κ3) is 9.67. The number of carbonyl (C=O) groups is 4. The summed E-state index contributed by atoms with van der Waals surface area (Å²) in [6.45, 7) is 14.4. The van der Waals surface area contributed by atoms with Gasteiger partial charge >= 0.3 is 24.6 Å². The summed E-state index contributed by atoms with van der Waals surface area (Å²) in [6, 6.07) is 3.14. The summed E-state index contributed by atoms with van der Waals surface area (Å²) in [5, 5.41) is 6.93. The van der Waals surface area contributed by atoms with E-state index < -0.39 is 79.0 Å². The second-order valence-corrected chi connectivity index (χ2v) is 12.3. The number of fused-ring (bicyclic) bond motifs is 1. The van der Waals surface area contributed by atoms with Gasteiger partial charge in [-0.2, -0.15) is 5.10 Å². The third-order valence-corrected chi connectivity index (χ3v) is 6.04. The third-order valence-electron chi connectivity index (χ3n) is 6.04. The maximum absolute atomic E-state index is 13.0. The zero-order valence-corrected chi connectivity index (χ0v) is 28.2. The van der Waals surface area contributed by atoms with Gasteiger partial charge in [0.2, 0.25) is 0 Å². The van der Waals surface area contributed by atoms with Gasteiger partial charge in [-0.3, -0.25) is 10.3 Å². The van der Waals surface area contributed by atoms with Gasteiger partial charge in [0, 0.05) is 13.3 Å². The minimum absolute atomic E-state index is 0.0865. The number of anilines is 1. The summed E-state index contributed by atoms with van der Waals surface area (Å²) in [4.78, 5) is 59.1. The number of ether oxygens (including phenoxy) is 8. The van der Waals surface area contributed by atoms with Crippen LogP contribution in [0.4, 0.5) is 25.0 Å². The zero-order chi connectivity index (χ0) is 35.1. The van der Waals surface area contributed by atoms with Crippen molar-refractivity contribution in [3.05, 3.63) is 24.2 Å². The van der Waals surface area contributed by atoms with E-state index in [0.717, 1.165) is 0 Å². The van der Waals surface area contributed by atoms with E-state index in [1.807, 2.05) is 0 Å². The Bertz CT molecular complexity index is 1450. The van der Waals surface area contributed by atoms with E-state index in [1.54, 1.807) is 74.4 Å². The highest BCUT2D eigenvalue weighted by molar-refractivity contribution is 5.89. The highest BCUT2D eigenvalue weighted by Gasteiger charge is 2.62. The molecule has 1 saturated heterocycles. The first-order chi connectivity index (χ1) is 22.0. The minimum Gasteiger partial charge on any atom is -0.444 e. The molecular weight excluding hydrogens is 622 g/mol. The van der Waals surface area contributed by atoms with Crippen LogP contribution < -0.4 is 5.32 Å². The van der Waals surface area contributed by atoms with Gasteiger partial charge in [-0.1, -0.05) is 0 Å². The minimum atomic E-state index is -1.85. The quantitative estimate of drug-likeness (QED) is 0.206. The molecule has 17 heteroatoms. The van der Waals surface area contributed by atoms with Crippen LogP contribution in [0.1, 0.15) is 68.0 Å². The Morgan fingerprint density at radius 1 is 0.979 bits per heavy atom. The van der Waals surface area contributed by atoms with Gasteiger partial charge in [0.25, 0.3) is 0 Å². The Hall–Kier alpha value is -4.67. The van der Waals surface area contributed by atoms with Crippen LogP contribution in [0.5, 0.6) is 0 Å². The molecule has 1 N–H and O–H groups in total. The lowest BCUT2D eigenvalue weighted by atomic mass is 9.91. The van der Waals surface area contributed by atoms with Crippen LogP contribution in [0.2, 0.25) is 0 Å². The molecular formula is C30H43N5O12. The molecule has 1 fully saturated rings. The molecule has 260 valence electrons. The molecule has 0 spiro atoms. The van der Waals surface area contributed by atoms with E-state index in [9.17, 15) is 19.2 Å². The number of aliphatic imine (C=N–C) groups is 1. The summed E-state index contributed by atoms with van der Waals surface area (Å²) in [7, 11) is 1.45. The van der Waals surface area contributed by atoms with Crippen molar-refractivity contribution in [1.29, 1.82) is 0 Å². The lowest BCUT2D eigenvalue weighted by Crippen LogP contribution is -2.48. The standard InChI is InChI=1S/C30H43N5O12/c1-16(2)41-26(37)40-13-20-22(44-27(38)42-17(3)4)23(45-28(39)43-18(5)6)30(46-20,14-31-10)21-12-11-19-24(32-15-33-35(19)21)34-25(36)47-29(7,8)9/h11-12,14-18,20,22-23H,13H2,1-10H3,(H,32,33,34,36)/t20-,22-,23-,30+/m1/s1. The monoisotopic (exact) mass is 665 g/mol. The Morgan fingerprint density at radius 2 is 1.57 bits per heavy atom. The van der Waals surface area contributed by atoms with Gasteiger partial charge in [-0.05, 0) is 74.4 Å². The average molecular weight is 666 g/mol. The molecule has 1 aliphatic heterocycles. The lowest BCUT2D eigenvalue weighted by Gasteiger charge is -2.31. The first-order valence-electron chi connectivity index (χ1n) is 15.0. The van der Waals surface area contributed by atoms with Crippen molar-refractivity contribution in [3.8, 4) is 0 Å². The number of carbonyl (C=O) groups excluding carboxylic acids is 4. The molecule has 1 amide bonds. The molecule has 2 aromatic rings. The first-order valence-corrected chi connectivity index (χ1v) is 15.0. The average Bonchev–Trinajstić information content (AvgIpc) is 3.47. The molecule has 3 heterocycles. The van der Waals surface area contributed by atoms with Crippen LogP contribution in [0.3, 0.4) is 0 Å². The second kappa shape index (κ2) is 15.3. The highest BCUT2D eigenvalue weighted by atomic mass is 16.8. The number of hydrogen-bond acceptors (Lipinski definition) is 15.